The molecule has 0 aliphatic heterocycles. The minimum atomic E-state index is -0.275. The fraction of sp³-hybridized carbons (Fsp3) is 0.593. The molecule has 1 aromatic heterocycles. The van der Waals surface area contributed by atoms with E-state index in [1.165, 1.54) is 23.6 Å². The van der Waals surface area contributed by atoms with Crippen LogP contribution in [0, 0.1) is 40.3 Å². The lowest BCUT2D eigenvalue weighted by molar-refractivity contribution is -0.0538. The van der Waals surface area contributed by atoms with Crippen molar-refractivity contribution < 1.29 is 9.50 Å². The number of allylic oxidation sites excluding steroid dienone is 1. The van der Waals surface area contributed by atoms with Crippen molar-refractivity contribution in [3.05, 3.63) is 59.7 Å². The lowest BCUT2D eigenvalue weighted by Crippen LogP contribution is -2.53. The van der Waals surface area contributed by atoms with Crippen LogP contribution in [0.15, 0.2) is 42.6 Å². The number of aliphatic hydroxyl groups is 1. The Morgan fingerprint density at radius 3 is 2.75 bits per heavy atom. The van der Waals surface area contributed by atoms with Gasteiger partial charge in [0.1, 0.15) is 11.5 Å². The Labute approximate surface area is 190 Å². The van der Waals surface area contributed by atoms with Gasteiger partial charge in [0.2, 0.25) is 0 Å². The first-order chi connectivity index (χ1) is 15.3. The number of halogens is 1. The molecule has 5 heteroatoms. The molecule has 1 aromatic carbocycles. The molecule has 0 radical (unpaired) electrons. The van der Waals surface area contributed by atoms with E-state index in [1.807, 2.05) is 12.3 Å². The standard InChI is InChI=1S/C27H36FN3O/c1-17-8-9-21-20(14-29)22(10-11-26(17,21)2)27(3)13-18-15-30-31(25(18)12-19(27)16-32)24-7-5-4-6-23(24)28/h4-7,15,19-22,32H,1,8-14,16,29H2,2-3H3/t19-,20+,21+,22+,26-,27+/m1/s1. The predicted molar refractivity (Wildman–Crippen MR) is 125 cm³/mol. The van der Waals surface area contributed by atoms with Gasteiger partial charge < -0.3 is 10.8 Å². The summed E-state index contributed by atoms with van der Waals surface area (Å²) in [7, 11) is 0. The highest BCUT2D eigenvalue weighted by Crippen LogP contribution is 2.62. The van der Waals surface area contributed by atoms with E-state index in [0.29, 0.717) is 36.4 Å². The van der Waals surface area contributed by atoms with Gasteiger partial charge in [-0.15, -0.1) is 0 Å². The van der Waals surface area contributed by atoms with Gasteiger partial charge in [0.25, 0.3) is 0 Å². The molecule has 2 fully saturated rings. The van der Waals surface area contributed by atoms with E-state index >= 15 is 0 Å². The highest BCUT2D eigenvalue weighted by Gasteiger charge is 2.56. The molecule has 3 aliphatic rings. The van der Waals surface area contributed by atoms with E-state index in [0.717, 1.165) is 31.4 Å². The molecule has 3 N–H and O–H groups in total. The Balaban J connectivity index is 1.51. The average molecular weight is 438 g/mol. The summed E-state index contributed by atoms with van der Waals surface area (Å²) in [5, 5.41) is 15.1. The zero-order chi connectivity index (χ0) is 22.7. The van der Waals surface area contributed by atoms with Gasteiger partial charge in [0, 0.05) is 12.3 Å². The van der Waals surface area contributed by atoms with Crippen LogP contribution in [0.2, 0.25) is 0 Å². The summed E-state index contributed by atoms with van der Waals surface area (Å²) in [6.07, 6.45) is 8.06. The first kappa shape index (κ1) is 21.8. The number of fused-ring (bicyclic) bond motifs is 2. The zero-order valence-electron chi connectivity index (χ0n) is 19.4. The third kappa shape index (κ3) is 3.04. The van der Waals surface area contributed by atoms with Gasteiger partial charge in [-0.3, -0.25) is 0 Å². The van der Waals surface area contributed by atoms with Crippen molar-refractivity contribution in [2.24, 2.45) is 40.2 Å². The van der Waals surface area contributed by atoms with Gasteiger partial charge in [-0.25, -0.2) is 9.07 Å². The van der Waals surface area contributed by atoms with Crippen molar-refractivity contribution in [2.45, 2.75) is 52.4 Å². The number of rotatable bonds is 4. The van der Waals surface area contributed by atoms with Gasteiger partial charge in [-0.1, -0.05) is 38.1 Å². The van der Waals surface area contributed by atoms with Crippen molar-refractivity contribution in [3.8, 4) is 5.69 Å². The Hall–Kier alpha value is -1.98. The summed E-state index contributed by atoms with van der Waals surface area (Å²) >= 11 is 0. The van der Waals surface area contributed by atoms with E-state index in [4.69, 9.17) is 5.73 Å². The van der Waals surface area contributed by atoms with E-state index in [1.54, 1.807) is 16.8 Å². The number of hydrogen-bond donors (Lipinski definition) is 2. The molecule has 0 spiro atoms. The smallest absolute Gasteiger partial charge is 0.148 e. The van der Waals surface area contributed by atoms with Crippen LogP contribution < -0.4 is 5.73 Å². The SMILES string of the molecule is C=C1CC[C@H]2[C@H](CN)[C@@H]([C@@]3(C)Cc4cnn(-c5ccccc5F)c4C[C@@H]3CO)CC[C@]12C. The summed E-state index contributed by atoms with van der Waals surface area (Å²) in [6, 6.07) is 6.77. The highest BCUT2D eigenvalue weighted by atomic mass is 19.1. The number of benzene rings is 1. The molecule has 0 amide bonds. The molecule has 32 heavy (non-hydrogen) atoms. The van der Waals surface area contributed by atoms with Crippen molar-refractivity contribution in [3.63, 3.8) is 0 Å². The van der Waals surface area contributed by atoms with Crippen LogP contribution in [0.25, 0.3) is 5.69 Å². The lowest BCUT2D eigenvalue weighted by Gasteiger charge is -2.55. The van der Waals surface area contributed by atoms with Crippen LogP contribution >= 0.6 is 0 Å². The van der Waals surface area contributed by atoms with Crippen LogP contribution in [0.4, 0.5) is 4.39 Å². The van der Waals surface area contributed by atoms with Crippen LogP contribution in [-0.2, 0) is 12.8 Å². The molecule has 3 aliphatic carbocycles. The quantitative estimate of drug-likeness (QED) is 0.683. The molecule has 172 valence electrons. The number of aromatic nitrogens is 2. The maximum atomic E-state index is 14.5. The predicted octanol–water partition coefficient (Wildman–Crippen LogP) is 4.68. The summed E-state index contributed by atoms with van der Waals surface area (Å²) < 4.78 is 16.2. The Kier molecular flexibility index (Phi) is 5.33. The fourth-order valence-electron chi connectivity index (χ4n) is 7.67. The maximum absolute atomic E-state index is 14.5. The molecule has 6 atom stereocenters. The van der Waals surface area contributed by atoms with Gasteiger partial charge >= 0.3 is 0 Å². The zero-order valence-corrected chi connectivity index (χ0v) is 19.4. The summed E-state index contributed by atoms with van der Waals surface area (Å²) in [5.74, 6) is 1.31. The van der Waals surface area contributed by atoms with Gasteiger partial charge in [-0.05, 0) is 97.3 Å². The second-order valence-corrected chi connectivity index (χ2v) is 11.0. The summed E-state index contributed by atoms with van der Waals surface area (Å²) in [4.78, 5) is 0. The second kappa shape index (κ2) is 7.81. The van der Waals surface area contributed by atoms with E-state index < -0.39 is 0 Å². The van der Waals surface area contributed by atoms with Gasteiger partial charge in [0.05, 0.1) is 6.20 Å². The number of aliphatic hydroxyl groups excluding tert-OH is 1. The van der Waals surface area contributed by atoms with Crippen LogP contribution in [-0.4, -0.2) is 28.0 Å². The van der Waals surface area contributed by atoms with Crippen molar-refractivity contribution >= 4 is 0 Å². The number of nitrogens with zero attached hydrogens (tertiary/aromatic N) is 2. The molecule has 5 rings (SSSR count). The molecule has 0 bridgehead atoms. The minimum Gasteiger partial charge on any atom is -0.396 e. The van der Waals surface area contributed by atoms with E-state index in [-0.39, 0.29) is 29.2 Å². The van der Waals surface area contributed by atoms with Gasteiger partial charge in [-0.2, -0.15) is 5.10 Å². The highest BCUT2D eigenvalue weighted by molar-refractivity contribution is 5.38. The topological polar surface area (TPSA) is 64.1 Å². The normalized spacial score (nSPS) is 36.7. The molecular formula is C27H36FN3O. The lowest BCUT2D eigenvalue weighted by atomic mass is 9.49. The molecule has 0 unspecified atom stereocenters. The first-order valence-electron chi connectivity index (χ1n) is 12.1. The maximum Gasteiger partial charge on any atom is 0.148 e. The molecule has 2 saturated carbocycles. The summed E-state index contributed by atoms with van der Waals surface area (Å²) in [5.41, 5.74) is 10.7. The first-order valence-corrected chi connectivity index (χ1v) is 12.1. The average Bonchev–Trinajstić information content (AvgIpc) is 3.32. The van der Waals surface area contributed by atoms with Crippen molar-refractivity contribution in [1.29, 1.82) is 0 Å². The Morgan fingerprint density at radius 1 is 1.25 bits per heavy atom. The van der Waals surface area contributed by atoms with Gasteiger partial charge in [0.15, 0.2) is 0 Å². The van der Waals surface area contributed by atoms with E-state index in [9.17, 15) is 9.50 Å². The van der Waals surface area contributed by atoms with Crippen LogP contribution in [0.5, 0.6) is 0 Å². The molecule has 1 heterocycles. The number of para-hydroxylation sites is 1. The fourth-order valence-corrected chi connectivity index (χ4v) is 7.67. The second-order valence-electron chi connectivity index (χ2n) is 11.0. The van der Waals surface area contributed by atoms with Crippen LogP contribution in [0.1, 0.15) is 50.8 Å². The molecular weight excluding hydrogens is 401 g/mol. The third-order valence-electron chi connectivity index (χ3n) is 9.71. The number of hydrogen-bond acceptors (Lipinski definition) is 3. The molecule has 4 nitrogen and oxygen atoms in total. The monoisotopic (exact) mass is 437 g/mol. The van der Waals surface area contributed by atoms with Crippen molar-refractivity contribution in [2.75, 3.05) is 13.2 Å². The Bertz CT molecular complexity index is 1030. The van der Waals surface area contributed by atoms with E-state index in [2.05, 4.69) is 25.5 Å². The molecule has 0 saturated heterocycles. The third-order valence-corrected chi connectivity index (χ3v) is 9.71. The van der Waals surface area contributed by atoms with Crippen molar-refractivity contribution in [1.82, 2.24) is 9.78 Å². The number of nitrogens with two attached hydrogens (primary N) is 1. The minimum absolute atomic E-state index is 0.0554. The summed E-state index contributed by atoms with van der Waals surface area (Å²) in [6.45, 7) is 9.98. The largest absolute Gasteiger partial charge is 0.396 e. The van der Waals surface area contributed by atoms with Crippen LogP contribution in [0.3, 0.4) is 0 Å². The molecule has 2 aromatic rings. The Morgan fingerprint density at radius 2 is 2.03 bits per heavy atom.